The number of cyclic esters (lactones) is 1. The van der Waals surface area contributed by atoms with E-state index in [1.807, 2.05) is 46.9 Å². The third-order valence-corrected chi connectivity index (χ3v) is 11.4. The van der Waals surface area contributed by atoms with Crippen molar-refractivity contribution in [1.82, 2.24) is 15.6 Å². The van der Waals surface area contributed by atoms with Gasteiger partial charge in [-0.2, -0.15) is 0 Å². The monoisotopic (exact) mass is 640 g/mol. The van der Waals surface area contributed by atoms with E-state index in [0.29, 0.717) is 16.5 Å². The minimum absolute atomic E-state index is 0.000562. The van der Waals surface area contributed by atoms with Crippen molar-refractivity contribution in [3.8, 4) is 0 Å². The summed E-state index contributed by atoms with van der Waals surface area (Å²) in [6.45, 7) is 8.02. The number of esters is 1. The molecule has 1 aromatic heterocycles. The molecule has 4 bridgehead atoms. The Kier molecular flexibility index (Phi) is 14.6. The van der Waals surface area contributed by atoms with Crippen LogP contribution in [0, 0.1) is 5.92 Å². The minimum Gasteiger partial charge on any atom is -0.456 e. The SMILES string of the molecule is CCCCCCCCSSCC/C=C/[C@@H]1CC(=O)NCc2nc(cs2)C2=N[C@@](C)(CS2)C(=O)NC(C(C)C)C(=O)O1. The third kappa shape index (κ3) is 11.3. The molecule has 0 aliphatic carbocycles. The number of nitrogens with zero attached hydrogens (tertiary/aromatic N) is 2. The molecule has 2 aliphatic rings. The number of unbranched alkanes of at least 4 members (excludes halogenated alkanes) is 5. The molecule has 8 nitrogen and oxygen atoms in total. The molecule has 0 saturated heterocycles. The molecule has 3 rings (SSSR count). The summed E-state index contributed by atoms with van der Waals surface area (Å²) in [5.41, 5.74) is -0.302. The number of hydrogen-bond donors (Lipinski definition) is 2. The Morgan fingerprint density at radius 3 is 2.68 bits per heavy atom. The molecular formula is C29H44N4O4S4. The van der Waals surface area contributed by atoms with Gasteiger partial charge in [-0.25, -0.2) is 9.78 Å². The van der Waals surface area contributed by atoms with Gasteiger partial charge in [-0.1, -0.05) is 80.5 Å². The highest BCUT2D eigenvalue weighted by atomic mass is 33.1. The molecular weight excluding hydrogens is 597 g/mol. The summed E-state index contributed by atoms with van der Waals surface area (Å²) >= 11 is 2.91. The van der Waals surface area contributed by atoms with Crippen LogP contribution in [0.4, 0.5) is 0 Å². The second kappa shape index (κ2) is 17.6. The Morgan fingerprint density at radius 1 is 1.15 bits per heavy atom. The molecule has 0 spiro atoms. The van der Waals surface area contributed by atoms with Crippen molar-refractivity contribution in [3.63, 3.8) is 0 Å². The summed E-state index contributed by atoms with van der Waals surface area (Å²) in [5, 5.41) is 9.12. The van der Waals surface area contributed by atoms with E-state index in [-0.39, 0.29) is 30.7 Å². The summed E-state index contributed by atoms with van der Waals surface area (Å²) in [6.07, 6.45) is 11.7. The molecule has 1 aromatic rings. The number of thioether (sulfide) groups is 1. The lowest BCUT2D eigenvalue weighted by Gasteiger charge is -2.27. The average molecular weight is 641 g/mol. The quantitative estimate of drug-likeness (QED) is 0.114. The number of carbonyl (C=O) groups is 3. The molecule has 0 fully saturated rings. The Hall–Kier alpha value is -1.50. The molecule has 2 aliphatic heterocycles. The van der Waals surface area contributed by atoms with Gasteiger partial charge in [0.05, 0.1) is 13.0 Å². The van der Waals surface area contributed by atoms with Crippen LogP contribution in [-0.2, 0) is 25.7 Å². The Bertz CT molecular complexity index is 1080. The van der Waals surface area contributed by atoms with Gasteiger partial charge in [0.15, 0.2) is 0 Å². The number of rotatable bonds is 13. The van der Waals surface area contributed by atoms with Crippen molar-refractivity contribution in [2.75, 3.05) is 17.3 Å². The summed E-state index contributed by atoms with van der Waals surface area (Å²) in [4.78, 5) is 48.7. The van der Waals surface area contributed by atoms with Crippen LogP contribution in [0.2, 0.25) is 0 Å². The van der Waals surface area contributed by atoms with E-state index in [1.165, 1.54) is 61.6 Å². The Balaban J connectivity index is 1.60. The first-order chi connectivity index (χ1) is 19.7. The number of thiazole rings is 1. The van der Waals surface area contributed by atoms with Gasteiger partial charge < -0.3 is 15.4 Å². The fourth-order valence-electron chi connectivity index (χ4n) is 4.25. The maximum absolute atomic E-state index is 13.3. The Labute approximate surface area is 260 Å². The van der Waals surface area contributed by atoms with Gasteiger partial charge in [0, 0.05) is 22.6 Å². The van der Waals surface area contributed by atoms with E-state index in [0.717, 1.165) is 22.9 Å². The van der Waals surface area contributed by atoms with Crippen molar-refractivity contribution in [2.24, 2.45) is 10.9 Å². The van der Waals surface area contributed by atoms with Gasteiger partial charge >= 0.3 is 5.97 Å². The predicted octanol–water partition coefficient (Wildman–Crippen LogP) is 6.16. The van der Waals surface area contributed by atoms with E-state index in [2.05, 4.69) is 27.5 Å². The standard InChI is InChI=1S/C29H44N4O4S4/c1-5-6-7-8-9-11-14-40-41-15-12-10-13-21-16-23(34)30-17-24-31-22(18-38-24)26-33-29(4,19-39-26)28(36)32-25(20(2)3)27(35)37-21/h10,13,18,20-21,25H,5-9,11-12,14-17,19H2,1-4H3,(H,30,34)(H,32,36)/b13-10+/t21-,25?,29+/m1/s1. The fourth-order valence-corrected chi connectivity index (χ4v) is 8.32. The average Bonchev–Trinajstić information content (AvgIpc) is 3.57. The summed E-state index contributed by atoms with van der Waals surface area (Å²) < 4.78 is 5.82. The van der Waals surface area contributed by atoms with Gasteiger partial charge in [-0.05, 0) is 31.8 Å². The van der Waals surface area contributed by atoms with E-state index >= 15 is 0 Å². The summed E-state index contributed by atoms with van der Waals surface area (Å²) in [7, 11) is 3.76. The first kappa shape index (κ1) is 34.0. The molecule has 12 heteroatoms. The second-order valence-electron chi connectivity index (χ2n) is 10.9. The number of allylic oxidation sites excluding steroid dienone is 1. The summed E-state index contributed by atoms with van der Waals surface area (Å²) in [6, 6.07) is -0.852. The van der Waals surface area contributed by atoms with Crippen molar-refractivity contribution in [1.29, 1.82) is 0 Å². The Morgan fingerprint density at radius 2 is 1.90 bits per heavy atom. The van der Waals surface area contributed by atoms with Gasteiger partial charge in [-0.15, -0.1) is 23.1 Å². The number of carbonyl (C=O) groups excluding carboxylic acids is 3. The molecule has 0 saturated carbocycles. The zero-order valence-electron chi connectivity index (χ0n) is 24.6. The molecule has 1 unspecified atom stereocenters. The first-order valence-electron chi connectivity index (χ1n) is 14.6. The molecule has 2 amide bonds. The highest BCUT2D eigenvalue weighted by molar-refractivity contribution is 8.76. The molecule has 228 valence electrons. The fraction of sp³-hybridized carbons (Fsp3) is 0.690. The number of aliphatic imine (C=N–C) groups is 1. The maximum Gasteiger partial charge on any atom is 0.329 e. The van der Waals surface area contributed by atoms with Crippen LogP contribution in [0.25, 0.3) is 0 Å². The summed E-state index contributed by atoms with van der Waals surface area (Å²) in [5.74, 6) is 1.26. The first-order valence-corrected chi connectivity index (χ1v) is 18.9. The van der Waals surface area contributed by atoms with Gasteiger partial charge in [0.1, 0.15) is 33.4 Å². The largest absolute Gasteiger partial charge is 0.456 e. The molecule has 3 heterocycles. The molecule has 0 aromatic carbocycles. The van der Waals surface area contributed by atoms with Crippen LogP contribution in [-0.4, -0.2) is 62.8 Å². The number of aromatic nitrogens is 1. The van der Waals surface area contributed by atoms with E-state index in [4.69, 9.17) is 4.74 Å². The highest BCUT2D eigenvalue weighted by Gasteiger charge is 2.41. The number of ether oxygens (including phenoxy) is 1. The normalized spacial score (nSPS) is 23.9. The van der Waals surface area contributed by atoms with Crippen LogP contribution in [0.5, 0.6) is 0 Å². The predicted molar refractivity (Wildman–Crippen MR) is 175 cm³/mol. The third-order valence-electron chi connectivity index (χ3n) is 6.78. The number of hydrogen-bond acceptors (Lipinski definition) is 10. The van der Waals surface area contributed by atoms with Crippen LogP contribution < -0.4 is 10.6 Å². The van der Waals surface area contributed by atoms with Gasteiger partial charge in [0.25, 0.3) is 0 Å². The van der Waals surface area contributed by atoms with E-state index in [9.17, 15) is 14.4 Å². The number of amides is 2. The molecule has 41 heavy (non-hydrogen) atoms. The lowest BCUT2D eigenvalue weighted by atomic mass is 10.0. The minimum atomic E-state index is -1.01. The molecule has 2 N–H and O–H groups in total. The van der Waals surface area contributed by atoms with Crippen molar-refractivity contribution < 1.29 is 19.1 Å². The maximum atomic E-state index is 13.3. The van der Waals surface area contributed by atoms with Crippen LogP contribution >= 0.6 is 44.7 Å². The molecule has 3 atom stereocenters. The van der Waals surface area contributed by atoms with Crippen LogP contribution in [0.1, 0.15) is 89.8 Å². The zero-order chi connectivity index (χ0) is 29.7. The van der Waals surface area contributed by atoms with Crippen molar-refractivity contribution in [2.45, 2.75) is 103 Å². The van der Waals surface area contributed by atoms with Gasteiger partial charge in [-0.3, -0.25) is 14.6 Å². The zero-order valence-corrected chi connectivity index (χ0v) is 27.9. The number of nitrogens with one attached hydrogen (secondary N) is 2. The van der Waals surface area contributed by atoms with Crippen LogP contribution in [0.3, 0.4) is 0 Å². The van der Waals surface area contributed by atoms with Gasteiger partial charge in [0.2, 0.25) is 11.8 Å². The lowest BCUT2D eigenvalue weighted by Crippen LogP contribution is -2.53. The van der Waals surface area contributed by atoms with Crippen molar-refractivity contribution >= 4 is 67.5 Å². The van der Waals surface area contributed by atoms with Crippen LogP contribution in [0.15, 0.2) is 22.5 Å². The second-order valence-corrected chi connectivity index (χ2v) is 15.5. The van der Waals surface area contributed by atoms with E-state index < -0.39 is 23.7 Å². The topological polar surface area (TPSA) is 110 Å². The van der Waals surface area contributed by atoms with Crippen molar-refractivity contribution in [3.05, 3.63) is 28.2 Å². The smallest absolute Gasteiger partial charge is 0.329 e. The number of fused-ring (bicyclic) bond motifs is 4. The van der Waals surface area contributed by atoms with E-state index in [1.54, 1.807) is 13.0 Å². The lowest BCUT2D eigenvalue weighted by molar-refractivity contribution is -0.153. The highest BCUT2D eigenvalue weighted by Crippen LogP contribution is 2.32. The molecule has 0 radical (unpaired) electrons.